The van der Waals surface area contributed by atoms with Crippen LogP contribution in [0.1, 0.15) is 25.3 Å². The van der Waals surface area contributed by atoms with Crippen molar-refractivity contribution < 1.29 is 9.13 Å². The van der Waals surface area contributed by atoms with Crippen LogP contribution in [0.5, 0.6) is 5.75 Å². The molecule has 1 atom stereocenters. The summed E-state index contributed by atoms with van der Waals surface area (Å²) in [7, 11) is 0. The summed E-state index contributed by atoms with van der Waals surface area (Å²) < 4.78 is 18.3. The minimum absolute atomic E-state index is 0.422. The molecule has 0 N–H and O–H groups in total. The van der Waals surface area contributed by atoms with E-state index in [0.717, 1.165) is 12.0 Å². The van der Waals surface area contributed by atoms with Crippen molar-refractivity contribution in [2.75, 3.05) is 0 Å². The summed E-state index contributed by atoms with van der Waals surface area (Å²) in [5, 5.41) is 0. The Morgan fingerprint density at radius 3 is 2.86 bits per heavy atom. The van der Waals surface area contributed by atoms with Gasteiger partial charge in [-0.2, -0.15) is 0 Å². The number of hydrogen-bond acceptors (Lipinski definition) is 1. The van der Waals surface area contributed by atoms with Gasteiger partial charge in [0.2, 0.25) is 6.36 Å². The standard InChI is InChI=1S/C12H15FO/c1-3-7-12(13)14-11-9-6-5-8-10(11)4-2/h4-6,8-9,12H,2-3,7H2,1H3. The predicted molar refractivity (Wildman–Crippen MR) is 57.0 cm³/mol. The molecule has 0 aliphatic heterocycles. The smallest absolute Gasteiger partial charge is 0.238 e. The van der Waals surface area contributed by atoms with Gasteiger partial charge in [0.1, 0.15) is 5.75 Å². The monoisotopic (exact) mass is 194 g/mol. The molecule has 1 aromatic carbocycles. The minimum atomic E-state index is -1.22. The molecule has 0 heterocycles. The van der Waals surface area contributed by atoms with Gasteiger partial charge in [0.25, 0.3) is 0 Å². The van der Waals surface area contributed by atoms with Crippen molar-refractivity contribution in [3.05, 3.63) is 36.4 Å². The molecule has 0 aliphatic rings. The van der Waals surface area contributed by atoms with Crippen LogP contribution in [0.25, 0.3) is 6.08 Å². The fourth-order valence-corrected chi connectivity index (χ4v) is 1.18. The second kappa shape index (κ2) is 5.43. The topological polar surface area (TPSA) is 9.23 Å². The lowest BCUT2D eigenvalue weighted by Gasteiger charge is -2.12. The summed E-state index contributed by atoms with van der Waals surface area (Å²) in [5.74, 6) is 0.559. The van der Waals surface area contributed by atoms with Crippen molar-refractivity contribution in [2.45, 2.75) is 26.1 Å². The maximum atomic E-state index is 13.1. The van der Waals surface area contributed by atoms with Gasteiger partial charge in [-0.25, -0.2) is 4.39 Å². The molecule has 0 spiro atoms. The van der Waals surface area contributed by atoms with E-state index in [2.05, 4.69) is 6.58 Å². The molecular weight excluding hydrogens is 179 g/mol. The third kappa shape index (κ3) is 2.87. The van der Waals surface area contributed by atoms with Gasteiger partial charge in [-0.1, -0.05) is 37.8 Å². The van der Waals surface area contributed by atoms with E-state index in [-0.39, 0.29) is 0 Å². The summed E-state index contributed by atoms with van der Waals surface area (Å²) >= 11 is 0. The zero-order valence-electron chi connectivity index (χ0n) is 8.37. The third-order valence-corrected chi connectivity index (χ3v) is 1.91. The van der Waals surface area contributed by atoms with Gasteiger partial charge >= 0.3 is 0 Å². The quantitative estimate of drug-likeness (QED) is 0.692. The zero-order valence-corrected chi connectivity index (χ0v) is 8.37. The Morgan fingerprint density at radius 1 is 1.50 bits per heavy atom. The van der Waals surface area contributed by atoms with Crippen LogP contribution in [-0.2, 0) is 0 Å². The molecule has 0 saturated heterocycles. The molecule has 1 rings (SSSR count). The van der Waals surface area contributed by atoms with Crippen LogP contribution in [0.3, 0.4) is 0 Å². The molecule has 0 saturated carbocycles. The van der Waals surface area contributed by atoms with Crippen molar-refractivity contribution in [3.63, 3.8) is 0 Å². The number of halogens is 1. The summed E-state index contributed by atoms with van der Waals surface area (Å²) in [6.45, 7) is 5.57. The molecule has 2 heteroatoms. The van der Waals surface area contributed by atoms with Gasteiger partial charge in [-0.3, -0.25) is 0 Å². The van der Waals surface area contributed by atoms with Crippen molar-refractivity contribution in [1.29, 1.82) is 0 Å². The van der Waals surface area contributed by atoms with E-state index in [1.54, 1.807) is 12.1 Å². The van der Waals surface area contributed by atoms with Gasteiger partial charge in [0, 0.05) is 12.0 Å². The lowest BCUT2D eigenvalue weighted by molar-refractivity contribution is 0.0586. The predicted octanol–water partition coefficient (Wildman–Crippen LogP) is 3.80. The highest BCUT2D eigenvalue weighted by atomic mass is 19.1. The Labute approximate surface area is 84.2 Å². The summed E-state index contributed by atoms with van der Waals surface area (Å²) in [4.78, 5) is 0. The molecule has 0 radical (unpaired) electrons. The van der Waals surface area contributed by atoms with Crippen molar-refractivity contribution in [3.8, 4) is 5.75 Å². The van der Waals surface area contributed by atoms with Crippen LogP contribution >= 0.6 is 0 Å². The number of rotatable bonds is 5. The molecule has 0 bridgehead atoms. The molecule has 1 unspecified atom stereocenters. The van der Waals surface area contributed by atoms with Crippen LogP contribution in [0.4, 0.5) is 4.39 Å². The van der Waals surface area contributed by atoms with Gasteiger partial charge in [-0.05, 0) is 12.5 Å². The van der Waals surface area contributed by atoms with E-state index in [1.807, 2.05) is 25.1 Å². The highest BCUT2D eigenvalue weighted by Crippen LogP contribution is 2.21. The fourth-order valence-electron chi connectivity index (χ4n) is 1.18. The van der Waals surface area contributed by atoms with Crippen LogP contribution in [-0.4, -0.2) is 6.36 Å². The summed E-state index contributed by atoms with van der Waals surface area (Å²) in [5.41, 5.74) is 0.825. The molecule has 0 aliphatic carbocycles. The highest BCUT2D eigenvalue weighted by Gasteiger charge is 2.07. The van der Waals surface area contributed by atoms with Gasteiger partial charge in [0.15, 0.2) is 0 Å². The molecule has 14 heavy (non-hydrogen) atoms. The van der Waals surface area contributed by atoms with Crippen LogP contribution < -0.4 is 4.74 Å². The maximum Gasteiger partial charge on any atom is 0.238 e. The van der Waals surface area contributed by atoms with E-state index in [0.29, 0.717) is 12.2 Å². The first-order valence-electron chi connectivity index (χ1n) is 4.80. The largest absolute Gasteiger partial charge is 0.460 e. The first-order valence-corrected chi connectivity index (χ1v) is 4.80. The average Bonchev–Trinajstić information content (AvgIpc) is 2.19. The normalized spacial score (nSPS) is 12.1. The number of alkyl halides is 1. The SMILES string of the molecule is C=Cc1ccccc1OC(F)CCC. The minimum Gasteiger partial charge on any atom is -0.460 e. The van der Waals surface area contributed by atoms with E-state index in [4.69, 9.17) is 4.74 Å². The zero-order chi connectivity index (χ0) is 10.4. The molecular formula is C12H15FO. The fraction of sp³-hybridized carbons (Fsp3) is 0.333. The number of para-hydroxylation sites is 1. The second-order valence-corrected chi connectivity index (χ2v) is 3.06. The molecule has 1 aromatic rings. The lowest BCUT2D eigenvalue weighted by Crippen LogP contribution is -2.09. The van der Waals surface area contributed by atoms with E-state index in [1.165, 1.54) is 0 Å². The van der Waals surface area contributed by atoms with Gasteiger partial charge in [-0.15, -0.1) is 0 Å². The second-order valence-electron chi connectivity index (χ2n) is 3.06. The Bertz CT molecular complexity index is 296. The molecule has 76 valence electrons. The number of hydrogen-bond donors (Lipinski definition) is 0. The summed E-state index contributed by atoms with van der Waals surface area (Å²) in [6, 6.07) is 7.29. The van der Waals surface area contributed by atoms with E-state index in [9.17, 15) is 4.39 Å². The van der Waals surface area contributed by atoms with Crippen LogP contribution in [0.2, 0.25) is 0 Å². The first-order chi connectivity index (χ1) is 6.77. The highest BCUT2D eigenvalue weighted by molar-refractivity contribution is 5.55. The lowest BCUT2D eigenvalue weighted by atomic mass is 10.2. The van der Waals surface area contributed by atoms with Crippen molar-refractivity contribution in [2.24, 2.45) is 0 Å². The van der Waals surface area contributed by atoms with Crippen LogP contribution in [0.15, 0.2) is 30.8 Å². The van der Waals surface area contributed by atoms with E-state index < -0.39 is 6.36 Å². The molecule has 1 nitrogen and oxygen atoms in total. The molecule has 0 aromatic heterocycles. The van der Waals surface area contributed by atoms with Gasteiger partial charge < -0.3 is 4.74 Å². The summed E-state index contributed by atoms with van der Waals surface area (Å²) in [6.07, 6.45) is 1.64. The van der Waals surface area contributed by atoms with Crippen molar-refractivity contribution in [1.82, 2.24) is 0 Å². The average molecular weight is 194 g/mol. The molecule has 0 fully saturated rings. The molecule has 0 amide bonds. The number of benzene rings is 1. The number of ether oxygens (including phenoxy) is 1. The van der Waals surface area contributed by atoms with Crippen molar-refractivity contribution >= 4 is 6.08 Å². The van der Waals surface area contributed by atoms with E-state index >= 15 is 0 Å². The maximum absolute atomic E-state index is 13.1. The Balaban J connectivity index is 2.70. The third-order valence-electron chi connectivity index (χ3n) is 1.91. The Kier molecular flexibility index (Phi) is 4.17. The Hall–Kier alpha value is -1.31. The van der Waals surface area contributed by atoms with Gasteiger partial charge in [0.05, 0.1) is 0 Å². The first kappa shape index (κ1) is 10.8. The van der Waals surface area contributed by atoms with Crippen LogP contribution in [0, 0.1) is 0 Å². The Morgan fingerprint density at radius 2 is 2.21 bits per heavy atom.